The predicted molar refractivity (Wildman–Crippen MR) is 169 cm³/mol. The molecular weight excluding hydrogens is 605 g/mol. The third-order valence-electron chi connectivity index (χ3n) is 8.77. The van der Waals surface area contributed by atoms with Crippen molar-refractivity contribution in [2.24, 2.45) is 0 Å². The Morgan fingerprint density at radius 1 is 0.884 bits per heavy atom. The van der Waals surface area contributed by atoms with Crippen LogP contribution < -0.4 is 0 Å². The Balaban J connectivity index is 1.87. The van der Waals surface area contributed by atoms with E-state index in [1.54, 1.807) is 28.8 Å². The third kappa shape index (κ3) is 7.00. The standard InChI is InChI=1S/C29H44N4O7SSi2/c1-28(2,3)42(8,9)39-23-24(40-43(10,11)29(4,5)6)27(38-41(7,35)36)37-26(23)33-18-32-21-20(30-17-31-25(21)33)22(34)19-15-13-12-14-16-19/h12-18,23-24,26-27H,1-11H3/t23-,24-,26-,27-/m1/s1. The maximum atomic E-state index is 13.4. The predicted octanol–water partition coefficient (Wildman–Crippen LogP) is 5.67. The van der Waals surface area contributed by atoms with E-state index in [2.05, 4.69) is 82.7 Å². The Morgan fingerprint density at radius 2 is 1.44 bits per heavy atom. The van der Waals surface area contributed by atoms with Gasteiger partial charge in [0, 0.05) is 5.56 Å². The van der Waals surface area contributed by atoms with Crippen molar-refractivity contribution >= 4 is 43.7 Å². The largest absolute Gasteiger partial charge is 0.406 e. The molecule has 0 saturated carbocycles. The average molecular weight is 649 g/mol. The Bertz CT molecular complexity index is 1580. The minimum absolute atomic E-state index is 0.146. The van der Waals surface area contributed by atoms with Gasteiger partial charge in [0.2, 0.25) is 12.1 Å². The van der Waals surface area contributed by atoms with Crippen LogP contribution >= 0.6 is 0 Å². The molecule has 11 nitrogen and oxygen atoms in total. The van der Waals surface area contributed by atoms with E-state index in [0.717, 1.165) is 6.26 Å². The molecule has 0 spiro atoms. The number of aromatic nitrogens is 4. The van der Waals surface area contributed by atoms with Crippen LogP contribution in [-0.2, 0) is 27.9 Å². The van der Waals surface area contributed by atoms with Gasteiger partial charge in [0.15, 0.2) is 28.5 Å². The average Bonchev–Trinajstić information content (AvgIpc) is 3.43. The molecule has 0 radical (unpaired) electrons. The molecule has 4 rings (SSSR count). The molecule has 3 heterocycles. The normalized spacial score (nSPS) is 22.3. The van der Waals surface area contributed by atoms with Crippen molar-refractivity contribution in [2.75, 3.05) is 6.26 Å². The van der Waals surface area contributed by atoms with Gasteiger partial charge in [-0.15, -0.1) is 0 Å². The molecule has 0 unspecified atom stereocenters. The van der Waals surface area contributed by atoms with Gasteiger partial charge >= 0.3 is 0 Å². The third-order valence-corrected chi connectivity index (χ3v) is 18.3. The minimum Gasteiger partial charge on any atom is -0.406 e. The lowest BCUT2D eigenvalue weighted by Gasteiger charge is -2.43. The fourth-order valence-corrected chi connectivity index (χ4v) is 7.36. The topological polar surface area (TPSA) is 132 Å². The van der Waals surface area contributed by atoms with Crippen LogP contribution in [0.15, 0.2) is 43.0 Å². The molecule has 0 aliphatic carbocycles. The van der Waals surface area contributed by atoms with Crippen LogP contribution in [0.4, 0.5) is 0 Å². The fourth-order valence-electron chi connectivity index (χ4n) is 4.30. The van der Waals surface area contributed by atoms with Crippen LogP contribution in [0.3, 0.4) is 0 Å². The number of ketones is 1. The van der Waals surface area contributed by atoms with E-state index in [9.17, 15) is 13.2 Å². The van der Waals surface area contributed by atoms with E-state index in [1.807, 2.05) is 6.07 Å². The van der Waals surface area contributed by atoms with Gasteiger partial charge in [-0.1, -0.05) is 71.9 Å². The van der Waals surface area contributed by atoms with Gasteiger partial charge < -0.3 is 13.6 Å². The van der Waals surface area contributed by atoms with E-state index in [4.69, 9.17) is 17.8 Å². The minimum atomic E-state index is -3.94. The zero-order chi connectivity index (χ0) is 32.2. The van der Waals surface area contributed by atoms with E-state index in [0.29, 0.717) is 16.7 Å². The molecule has 4 atom stereocenters. The van der Waals surface area contributed by atoms with Crippen LogP contribution in [0, 0.1) is 0 Å². The van der Waals surface area contributed by atoms with Crippen LogP contribution in [0.2, 0.25) is 36.3 Å². The van der Waals surface area contributed by atoms with Gasteiger partial charge in [0.25, 0.3) is 10.1 Å². The quantitative estimate of drug-likeness (QED) is 0.162. The van der Waals surface area contributed by atoms with Gasteiger partial charge in [-0.05, 0) is 36.3 Å². The highest BCUT2D eigenvalue weighted by Gasteiger charge is 2.56. The summed E-state index contributed by atoms with van der Waals surface area (Å²) in [6, 6.07) is 8.82. The lowest BCUT2D eigenvalue weighted by atomic mass is 10.1. The summed E-state index contributed by atoms with van der Waals surface area (Å²) in [6.07, 6.45) is -0.0488. The number of fused-ring (bicyclic) bond motifs is 1. The number of ether oxygens (including phenoxy) is 1. The molecule has 1 aliphatic heterocycles. The molecule has 2 aromatic heterocycles. The highest BCUT2D eigenvalue weighted by Crippen LogP contribution is 2.46. The number of carbonyl (C=O) groups excluding carboxylic acids is 1. The van der Waals surface area contributed by atoms with Crippen molar-refractivity contribution in [3.63, 3.8) is 0 Å². The van der Waals surface area contributed by atoms with E-state index in [-0.39, 0.29) is 21.6 Å². The first-order valence-electron chi connectivity index (χ1n) is 14.3. The van der Waals surface area contributed by atoms with Crippen LogP contribution in [0.1, 0.15) is 63.8 Å². The maximum absolute atomic E-state index is 13.4. The summed E-state index contributed by atoms with van der Waals surface area (Å²) < 4.78 is 52.3. The second-order valence-corrected chi connectivity index (χ2v) is 25.2. The van der Waals surface area contributed by atoms with Crippen molar-refractivity contribution in [1.82, 2.24) is 19.5 Å². The van der Waals surface area contributed by atoms with Gasteiger partial charge in [-0.25, -0.2) is 19.1 Å². The molecule has 1 saturated heterocycles. The first kappa shape index (κ1) is 33.6. The van der Waals surface area contributed by atoms with Crippen molar-refractivity contribution in [1.29, 1.82) is 0 Å². The summed E-state index contributed by atoms with van der Waals surface area (Å²) in [7, 11) is -8.92. The van der Waals surface area contributed by atoms with E-state index < -0.39 is 51.5 Å². The molecule has 1 aromatic carbocycles. The number of hydrogen-bond donors (Lipinski definition) is 0. The lowest BCUT2D eigenvalue weighted by molar-refractivity contribution is -0.119. The van der Waals surface area contributed by atoms with Crippen molar-refractivity contribution in [2.45, 2.75) is 103 Å². The Hall–Kier alpha value is -2.34. The van der Waals surface area contributed by atoms with Gasteiger partial charge in [-0.3, -0.25) is 9.36 Å². The van der Waals surface area contributed by atoms with Crippen LogP contribution in [0.25, 0.3) is 11.2 Å². The first-order valence-corrected chi connectivity index (χ1v) is 21.9. The van der Waals surface area contributed by atoms with Crippen molar-refractivity contribution in [3.8, 4) is 0 Å². The van der Waals surface area contributed by atoms with Crippen LogP contribution in [-0.4, -0.2) is 75.1 Å². The molecule has 0 N–H and O–H groups in total. The lowest BCUT2D eigenvalue weighted by Crippen LogP contribution is -2.54. The molecule has 14 heteroatoms. The summed E-state index contributed by atoms with van der Waals surface area (Å²) >= 11 is 0. The monoisotopic (exact) mass is 648 g/mol. The summed E-state index contributed by atoms with van der Waals surface area (Å²) in [5.74, 6) is -0.294. The zero-order valence-electron chi connectivity index (χ0n) is 26.9. The molecule has 0 amide bonds. The SMILES string of the molecule is CC(C)(C)[Si](C)(C)O[C@@H]1[C@@H](O[Si](C)(C)C(C)(C)C)[C@@H](OS(C)(=O)=O)O[C@H]1n1cnc2c(C(=O)c3ccccc3)ncnc21. The smallest absolute Gasteiger partial charge is 0.266 e. The molecule has 1 aliphatic rings. The van der Waals surface area contributed by atoms with Gasteiger partial charge in [-0.2, -0.15) is 8.42 Å². The highest BCUT2D eigenvalue weighted by molar-refractivity contribution is 7.86. The second-order valence-electron chi connectivity index (χ2n) is 14.1. The number of benzene rings is 1. The number of rotatable bonds is 9. The molecular formula is C29H44N4O7SSi2. The summed E-state index contributed by atoms with van der Waals surface area (Å²) in [6.45, 7) is 21.1. The number of hydrogen-bond acceptors (Lipinski definition) is 10. The van der Waals surface area contributed by atoms with Gasteiger partial charge in [0.05, 0.1) is 12.6 Å². The van der Waals surface area contributed by atoms with Crippen molar-refractivity contribution in [3.05, 3.63) is 54.2 Å². The first-order chi connectivity index (χ1) is 19.6. The van der Waals surface area contributed by atoms with E-state index in [1.165, 1.54) is 12.7 Å². The zero-order valence-corrected chi connectivity index (χ0v) is 29.7. The summed E-state index contributed by atoms with van der Waals surface area (Å²) in [5.41, 5.74) is 1.25. The second kappa shape index (κ2) is 11.5. The Morgan fingerprint density at radius 3 is 1.98 bits per heavy atom. The molecule has 43 heavy (non-hydrogen) atoms. The van der Waals surface area contributed by atoms with Gasteiger partial charge in [0.1, 0.15) is 29.7 Å². The van der Waals surface area contributed by atoms with Crippen LogP contribution in [0.5, 0.6) is 0 Å². The summed E-state index contributed by atoms with van der Waals surface area (Å²) in [5, 5.41) is -0.368. The molecule has 3 aromatic rings. The molecule has 0 bridgehead atoms. The highest BCUT2D eigenvalue weighted by atomic mass is 32.2. The number of carbonyl (C=O) groups is 1. The van der Waals surface area contributed by atoms with Crippen molar-refractivity contribution < 1.29 is 31.0 Å². The Kier molecular flexibility index (Phi) is 9.01. The van der Waals surface area contributed by atoms with E-state index >= 15 is 0 Å². The maximum Gasteiger partial charge on any atom is 0.266 e. The fraction of sp³-hybridized carbons (Fsp3) is 0.586. The molecule has 1 fully saturated rings. The Labute approximate surface area is 256 Å². The number of nitrogens with zero attached hydrogens (tertiary/aromatic N) is 4. The molecule has 236 valence electrons. The number of imidazole rings is 1. The summed E-state index contributed by atoms with van der Waals surface area (Å²) in [4.78, 5) is 26.6.